The fourth-order valence-corrected chi connectivity index (χ4v) is 3.02. The van der Waals surface area contributed by atoms with Crippen molar-refractivity contribution in [2.45, 2.75) is 25.2 Å². The molecule has 2 N–H and O–H groups in total. The number of anilines is 1. The predicted molar refractivity (Wildman–Crippen MR) is 70.7 cm³/mol. The molecular formula is C11H17ClN2O2S. The van der Waals surface area contributed by atoms with Gasteiger partial charge in [0.25, 0.3) is 0 Å². The summed E-state index contributed by atoms with van der Waals surface area (Å²) < 4.78 is 25.6. The summed E-state index contributed by atoms with van der Waals surface area (Å²) in [5.41, 5.74) is 6.63. The van der Waals surface area contributed by atoms with E-state index in [0.29, 0.717) is 17.1 Å². The van der Waals surface area contributed by atoms with Crippen LogP contribution in [0, 0.1) is 6.92 Å². The van der Waals surface area contributed by atoms with E-state index in [1.54, 1.807) is 20.0 Å². The van der Waals surface area contributed by atoms with Gasteiger partial charge in [-0.15, -0.1) is 0 Å². The molecule has 96 valence electrons. The molecule has 0 fully saturated rings. The monoisotopic (exact) mass is 276 g/mol. The van der Waals surface area contributed by atoms with Gasteiger partial charge in [-0.1, -0.05) is 18.5 Å². The lowest BCUT2D eigenvalue weighted by Gasteiger charge is -2.17. The number of nitrogens with zero attached hydrogens (tertiary/aromatic N) is 1. The SMILES string of the molecule is CCCN(C)S(=O)(=O)c1cc(C)c(Cl)c(N)c1. The summed E-state index contributed by atoms with van der Waals surface area (Å²) in [5.74, 6) is 0. The molecule has 0 aliphatic heterocycles. The largest absolute Gasteiger partial charge is 0.397 e. The second-order valence-electron chi connectivity index (χ2n) is 3.97. The van der Waals surface area contributed by atoms with Gasteiger partial charge in [-0.05, 0) is 31.0 Å². The molecular weight excluding hydrogens is 260 g/mol. The van der Waals surface area contributed by atoms with Crippen molar-refractivity contribution in [3.05, 3.63) is 22.7 Å². The Bertz CT molecular complexity index is 491. The summed E-state index contributed by atoms with van der Waals surface area (Å²) in [7, 11) is -1.91. The molecule has 6 heteroatoms. The molecule has 1 aromatic rings. The Morgan fingerprint density at radius 1 is 1.41 bits per heavy atom. The fourth-order valence-electron chi connectivity index (χ4n) is 1.53. The van der Waals surface area contributed by atoms with E-state index in [1.165, 1.54) is 10.4 Å². The Morgan fingerprint density at radius 2 is 2.00 bits per heavy atom. The Balaban J connectivity index is 3.25. The topological polar surface area (TPSA) is 63.4 Å². The van der Waals surface area contributed by atoms with Crippen LogP contribution in [0.3, 0.4) is 0 Å². The van der Waals surface area contributed by atoms with E-state index in [9.17, 15) is 8.42 Å². The molecule has 0 aromatic heterocycles. The van der Waals surface area contributed by atoms with E-state index in [1.807, 2.05) is 6.92 Å². The van der Waals surface area contributed by atoms with Crippen molar-refractivity contribution in [2.24, 2.45) is 0 Å². The molecule has 0 unspecified atom stereocenters. The van der Waals surface area contributed by atoms with Gasteiger partial charge >= 0.3 is 0 Å². The number of hydrogen-bond donors (Lipinski definition) is 1. The first-order chi connectivity index (χ1) is 7.80. The van der Waals surface area contributed by atoms with E-state index in [4.69, 9.17) is 17.3 Å². The van der Waals surface area contributed by atoms with Gasteiger partial charge < -0.3 is 5.73 Å². The molecule has 0 saturated heterocycles. The number of halogens is 1. The zero-order valence-corrected chi connectivity index (χ0v) is 11.8. The van der Waals surface area contributed by atoms with E-state index in [0.717, 1.165) is 6.42 Å². The molecule has 0 amide bonds. The molecule has 0 aliphatic rings. The van der Waals surface area contributed by atoms with Crippen molar-refractivity contribution in [3.8, 4) is 0 Å². The lowest BCUT2D eigenvalue weighted by Crippen LogP contribution is -2.27. The number of hydrogen-bond acceptors (Lipinski definition) is 3. The van der Waals surface area contributed by atoms with Gasteiger partial charge in [0.05, 0.1) is 15.6 Å². The van der Waals surface area contributed by atoms with Crippen LogP contribution in [0.5, 0.6) is 0 Å². The molecule has 0 saturated carbocycles. The summed E-state index contributed by atoms with van der Waals surface area (Å²) in [6.45, 7) is 4.13. The van der Waals surface area contributed by atoms with Gasteiger partial charge in [-0.25, -0.2) is 12.7 Å². The highest BCUT2D eigenvalue weighted by atomic mass is 35.5. The van der Waals surface area contributed by atoms with Crippen LogP contribution in [-0.4, -0.2) is 26.3 Å². The third-order valence-corrected chi connectivity index (χ3v) is 4.85. The predicted octanol–water partition coefficient (Wildman–Crippen LogP) is 2.26. The number of nitrogens with two attached hydrogens (primary N) is 1. The fraction of sp³-hybridized carbons (Fsp3) is 0.455. The van der Waals surface area contributed by atoms with Crippen LogP contribution in [0.4, 0.5) is 5.69 Å². The van der Waals surface area contributed by atoms with Crippen LogP contribution in [-0.2, 0) is 10.0 Å². The lowest BCUT2D eigenvalue weighted by atomic mass is 10.2. The van der Waals surface area contributed by atoms with Gasteiger partial charge in [-0.2, -0.15) is 0 Å². The summed E-state index contributed by atoms with van der Waals surface area (Å²) >= 11 is 5.91. The lowest BCUT2D eigenvalue weighted by molar-refractivity contribution is 0.468. The normalized spacial score (nSPS) is 12.1. The Kier molecular flexibility index (Phi) is 4.41. The van der Waals surface area contributed by atoms with E-state index < -0.39 is 10.0 Å². The Morgan fingerprint density at radius 3 is 2.47 bits per heavy atom. The maximum atomic E-state index is 12.2. The maximum absolute atomic E-state index is 12.2. The molecule has 0 bridgehead atoms. The maximum Gasteiger partial charge on any atom is 0.242 e. The minimum atomic E-state index is -3.47. The van der Waals surface area contributed by atoms with Gasteiger partial charge in [0.15, 0.2) is 0 Å². The standard InChI is InChI=1S/C11H17ClN2O2S/c1-4-5-14(3)17(15,16)9-6-8(2)11(12)10(13)7-9/h6-7H,4-5,13H2,1-3H3. The summed E-state index contributed by atoms with van der Waals surface area (Å²) in [4.78, 5) is 0.188. The third-order valence-electron chi connectivity index (χ3n) is 2.50. The molecule has 17 heavy (non-hydrogen) atoms. The van der Waals surface area contributed by atoms with Gasteiger partial charge in [0, 0.05) is 13.6 Å². The molecule has 4 nitrogen and oxygen atoms in total. The molecule has 0 heterocycles. The third kappa shape index (κ3) is 2.91. The van der Waals surface area contributed by atoms with Gasteiger partial charge in [0.2, 0.25) is 10.0 Å². The highest BCUT2D eigenvalue weighted by Gasteiger charge is 2.21. The molecule has 0 radical (unpaired) electrons. The van der Waals surface area contributed by atoms with Crippen LogP contribution in [0.2, 0.25) is 5.02 Å². The first-order valence-electron chi connectivity index (χ1n) is 5.32. The quantitative estimate of drug-likeness (QED) is 0.858. The zero-order chi connectivity index (χ0) is 13.2. The second-order valence-corrected chi connectivity index (χ2v) is 6.39. The van der Waals surface area contributed by atoms with Crippen LogP contribution in [0.25, 0.3) is 0 Å². The molecule has 1 rings (SSSR count). The zero-order valence-electron chi connectivity index (χ0n) is 10.2. The van der Waals surface area contributed by atoms with E-state index >= 15 is 0 Å². The summed E-state index contributed by atoms with van der Waals surface area (Å²) in [5, 5.41) is 0.405. The van der Waals surface area contributed by atoms with Crippen LogP contribution < -0.4 is 5.73 Å². The molecule has 0 aliphatic carbocycles. The van der Waals surface area contributed by atoms with Crippen LogP contribution >= 0.6 is 11.6 Å². The Labute approximate surface area is 107 Å². The number of sulfonamides is 1. The van der Waals surface area contributed by atoms with Crippen LogP contribution in [0.15, 0.2) is 17.0 Å². The smallest absolute Gasteiger partial charge is 0.242 e. The summed E-state index contributed by atoms with van der Waals surface area (Å²) in [6.07, 6.45) is 0.762. The van der Waals surface area contributed by atoms with E-state index in [-0.39, 0.29) is 10.6 Å². The number of rotatable bonds is 4. The minimum absolute atomic E-state index is 0.188. The number of nitrogen functional groups attached to an aromatic ring is 1. The first-order valence-corrected chi connectivity index (χ1v) is 7.14. The van der Waals surface area contributed by atoms with Crippen molar-refractivity contribution in [2.75, 3.05) is 19.3 Å². The Hall–Kier alpha value is -0.780. The molecule has 0 atom stereocenters. The minimum Gasteiger partial charge on any atom is -0.397 e. The average Bonchev–Trinajstić information content (AvgIpc) is 2.25. The van der Waals surface area contributed by atoms with Crippen molar-refractivity contribution >= 4 is 27.3 Å². The van der Waals surface area contributed by atoms with E-state index in [2.05, 4.69) is 0 Å². The highest BCUT2D eigenvalue weighted by Crippen LogP contribution is 2.28. The van der Waals surface area contributed by atoms with Crippen LogP contribution in [0.1, 0.15) is 18.9 Å². The number of benzene rings is 1. The first kappa shape index (κ1) is 14.3. The number of aryl methyl sites for hydroxylation is 1. The molecule has 0 spiro atoms. The van der Waals surface area contributed by atoms with Crippen molar-refractivity contribution in [1.82, 2.24) is 4.31 Å². The second kappa shape index (κ2) is 5.25. The van der Waals surface area contributed by atoms with Crippen molar-refractivity contribution < 1.29 is 8.42 Å². The molecule has 1 aromatic carbocycles. The van der Waals surface area contributed by atoms with Gasteiger partial charge in [0.1, 0.15) is 0 Å². The van der Waals surface area contributed by atoms with Crippen molar-refractivity contribution in [1.29, 1.82) is 0 Å². The van der Waals surface area contributed by atoms with Crippen molar-refractivity contribution in [3.63, 3.8) is 0 Å². The average molecular weight is 277 g/mol. The summed E-state index contributed by atoms with van der Waals surface area (Å²) in [6, 6.07) is 2.94. The van der Waals surface area contributed by atoms with Gasteiger partial charge in [-0.3, -0.25) is 0 Å². The highest BCUT2D eigenvalue weighted by molar-refractivity contribution is 7.89.